The van der Waals surface area contributed by atoms with Crippen molar-refractivity contribution in [1.29, 1.82) is 0 Å². The molecule has 4 amide bonds. The maximum atomic E-state index is 15.3. The first kappa shape index (κ1) is 42.5. The Kier molecular flexibility index (Phi) is 10.9. The van der Waals surface area contributed by atoms with Crippen LogP contribution in [0, 0.1) is 0 Å². The Bertz CT molecular complexity index is 3620. The van der Waals surface area contributed by atoms with Gasteiger partial charge in [-0.25, -0.2) is 4.79 Å². The van der Waals surface area contributed by atoms with Crippen molar-refractivity contribution < 1.29 is 14.4 Å². The normalized spacial score (nSPS) is 16.3. The van der Waals surface area contributed by atoms with Crippen LogP contribution in [-0.4, -0.2) is 36.8 Å². The molecule has 7 heteroatoms. The van der Waals surface area contributed by atoms with E-state index < -0.39 is 17.8 Å². The molecule has 0 radical (unpaired) electrons. The van der Waals surface area contributed by atoms with Crippen LogP contribution in [0.5, 0.6) is 0 Å². The number of nitrogens with zero attached hydrogens (tertiary/aromatic N) is 4. The summed E-state index contributed by atoms with van der Waals surface area (Å²) in [5, 5.41) is 9.04. The minimum atomic E-state index is -0.632. The van der Waals surface area contributed by atoms with Crippen LogP contribution < -0.4 is 10.7 Å². The van der Waals surface area contributed by atoms with Crippen LogP contribution in [0.3, 0.4) is 0 Å². The number of barbiturate groups is 1. The average molecular weight is 909 g/mol. The lowest BCUT2D eigenvalue weighted by molar-refractivity contribution is -0.136. The van der Waals surface area contributed by atoms with Crippen molar-refractivity contribution in [3.8, 4) is 0 Å². The second-order valence-electron chi connectivity index (χ2n) is 18.3. The molecule has 338 valence electrons. The van der Waals surface area contributed by atoms with Crippen LogP contribution in [0.2, 0.25) is 0 Å². The zero-order valence-corrected chi connectivity index (χ0v) is 38.5. The Hall–Kier alpha value is -8.81. The minimum absolute atomic E-state index is 0.00849. The fraction of sp³-hybridized carbons (Fsp3) is 0.0952. The topological polar surface area (TPSA) is 67.5 Å². The Balaban J connectivity index is 1.09. The number of imide groups is 2. The second-order valence-corrected chi connectivity index (χ2v) is 18.3. The number of amides is 4. The highest BCUT2D eigenvalue weighted by molar-refractivity contribution is 6.30. The van der Waals surface area contributed by atoms with E-state index in [1.54, 1.807) is 0 Å². The maximum absolute atomic E-state index is 15.3. The summed E-state index contributed by atoms with van der Waals surface area (Å²) in [6, 6.07) is 65.1. The lowest BCUT2D eigenvalue weighted by Crippen LogP contribution is -2.55. The summed E-state index contributed by atoms with van der Waals surface area (Å²) >= 11 is 0. The smallest absolute Gasteiger partial charge is 0.334 e. The van der Waals surface area contributed by atoms with Crippen molar-refractivity contribution in [2.45, 2.75) is 39.0 Å². The third-order valence-corrected chi connectivity index (χ3v) is 14.0. The van der Waals surface area contributed by atoms with Crippen LogP contribution in [0.4, 0.5) is 4.79 Å². The third-order valence-electron chi connectivity index (χ3n) is 14.0. The van der Waals surface area contributed by atoms with Crippen molar-refractivity contribution >= 4 is 73.3 Å². The summed E-state index contributed by atoms with van der Waals surface area (Å²) in [7, 11) is 0. The molecule has 2 fully saturated rings. The number of rotatable bonds is 10. The molecule has 0 atom stereocenters. The molecule has 0 bridgehead atoms. The number of allylic oxidation sites excluding steroid dienone is 5. The Morgan fingerprint density at radius 2 is 0.714 bits per heavy atom. The van der Waals surface area contributed by atoms with Crippen molar-refractivity contribution in [3.05, 3.63) is 262 Å². The Labute approximate surface area is 405 Å². The van der Waals surface area contributed by atoms with Gasteiger partial charge in [0.1, 0.15) is 5.57 Å². The highest BCUT2D eigenvalue weighted by atomic mass is 16.2. The summed E-state index contributed by atoms with van der Waals surface area (Å²) in [4.78, 5) is 47.7. The van der Waals surface area contributed by atoms with Gasteiger partial charge in [-0.05, 0) is 86.9 Å². The highest BCUT2D eigenvalue weighted by Gasteiger charge is 2.45. The number of carbonyl (C=O) groups is 3. The van der Waals surface area contributed by atoms with E-state index in [2.05, 4.69) is 155 Å². The number of carbonyl (C=O) groups excluding carboxylic acids is 3. The molecule has 0 unspecified atom stereocenters. The lowest BCUT2D eigenvalue weighted by Gasteiger charge is -2.35. The predicted molar refractivity (Wildman–Crippen MR) is 281 cm³/mol. The van der Waals surface area contributed by atoms with E-state index in [1.165, 1.54) is 31.7 Å². The van der Waals surface area contributed by atoms with Gasteiger partial charge in [-0.1, -0.05) is 194 Å². The van der Waals surface area contributed by atoms with E-state index >= 15 is 9.59 Å². The number of benzene rings is 8. The number of hydrogen-bond donors (Lipinski definition) is 0. The largest absolute Gasteiger partial charge is 0.336 e. The molecule has 2 aliphatic rings. The fourth-order valence-electron chi connectivity index (χ4n) is 10.7. The molecule has 10 aromatic rings. The third kappa shape index (κ3) is 7.62. The van der Waals surface area contributed by atoms with Gasteiger partial charge in [0.05, 0.1) is 24.1 Å². The molecule has 7 nitrogen and oxygen atoms in total. The van der Waals surface area contributed by atoms with Gasteiger partial charge < -0.3 is 9.13 Å². The van der Waals surface area contributed by atoms with Gasteiger partial charge in [-0.3, -0.25) is 19.4 Å². The van der Waals surface area contributed by atoms with Crippen LogP contribution >= 0.6 is 0 Å². The van der Waals surface area contributed by atoms with E-state index in [9.17, 15) is 4.79 Å². The molecule has 0 N–H and O–H groups in total. The monoisotopic (exact) mass is 908 g/mol. The molecule has 1 saturated carbocycles. The molecular formula is C63H48N4O3. The van der Waals surface area contributed by atoms with Gasteiger partial charge in [0.25, 0.3) is 11.8 Å². The Morgan fingerprint density at radius 3 is 1.10 bits per heavy atom. The molecule has 8 aromatic carbocycles. The van der Waals surface area contributed by atoms with Crippen molar-refractivity contribution in [3.63, 3.8) is 0 Å². The van der Waals surface area contributed by atoms with Gasteiger partial charge in [0.2, 0.25) is 0 Å². The zero-order valence-electron chi connectivity index (χ0n) is 38.5. The fourth-order valence-corrected chi connectivity index (χ4v) is 10.7. The number of hydrogen-bond acceptors (Lipinski definition) is 3. The molecule has 3 heterocycles. The summed E-state index contributed by atoms with van der Waals surface area (Å²) in [5.74, 6) is -1.19. The van der Waals surface area contributed by atoms with Gasteiger partial charge in [0.15, 0.2) is 0 Å². The Morgan fingerprint density at radius 1 is 0.357 bits per heavy atom. The first-order valence-corrected chi connectivity index (χ1v) is 24.0. The molecule has 70 heavy (non-hydrogen) atoms. The van der Waals surface area contributed by atoms with E-state index in [0.717, 1.165) is 65.5 Å². The number of aromatic nitrogens is 2. The molecule has 0 spiro atoms. The molecule has 2 aromatic heterocycles. The average Bonchev–Trinajstić information content (AvgIpc) is 4.04. The molecule has 1 aliphatic carbocycles. The number of urea groups is 1. The molecule has 1 aliphatic heterocycles. The van der Waals surface area contributed by atoms with E-state index in [0.29, 0.717) is 31.5 Å². The summed E-state index contributed by atoms with van der Waals surface area (Å²) < 4.78 is 4.73. The first-order chi connectivity index (χ1) is 34.5. The van der Waals surface area contributed by atoms with Gasteiger partial charge in [-0.2, -0.15) is 0 Å². The van der Waals surface area contributed by atoms with Crippen molar-refractivity contribution in [2.24, 2.45) is 0 Å². The standard InChI is InChI=1S/C63H48N4O3/c68-61-60(62(69)67(42-46-23-11-4-12-24-46)63(70)66(61)41-45-21-9-3-10-22-45)57-49(35-37-53-51-29-13-25-47-27-15-31-55(58(47)51)64(53)39-43-17-5-1-6-18-43)33-34-50(57)36-38-54-52-30-14-26-48-28-16-32-56(59(48)52)65(54)40-44-19-7-2-8-20-44/h1-32,35-38H,33-34,39-42H2/b49-35-,50-36-,53-37-,54-38-. The van der Waals surface area contributed by atoms with E-state index in [1.807, 2.05) is 72.8 Å². The second kappa shape index (κ2) is 18.0. The summed E-state index contributed by atoms with van der Waals surface area (Å²) in [6.45, 7) is 1.36. The van der Waals surface area contributed by atoms with Crippen LogP contribution in [0.15, 0.2) is 229 Å². The minimum Gasteiger partial charge on any atom is -0.336 e. The SMILES string of the molecule is O=C1C(=C2/C(=C\C=c3\c4cccc5cccc(c54)n3Cc3ccccc3)CC/C2=C/C=c2/c3cccc4cccc(c43)n2Cc2ccccc2)C(=O)N(Cc2ccccc2)C(=O)N1Cc1ccccc1. The van der Waals surface area contributed by atoms with Crippen LogP contribution in [-0.2, 0) is 35.8 Å². The van der Waals surface area contributed by atoms with Crippen LogP contribution in [0.25, 0.3) is 55.5 Å². The maximum Gasteiger partial charge on any atom is 0.334 e. The van der Waals surface area contributed by atoms with Gasteiger partial charge >= 0.3 is 6.03 Å². The van der Waals surface area contributed by atoms with E-state index in [4.69, 9.17) is 0 Å². The predicted octanol–water partition coefficient (Wildman–Crippen LogP) is 11.8. The lowest BCUT2D eigenvalue weighted by atomic mass is 9.94. The molecule has 1 saturated heterocycles. The first-order valence-electron chi connectivity index (χ1n) is 24.0. The zero-order chi connectivity index (χ0) is 47.1. The summed E-state index contributed by atoms with van der Waals surface area (Å²) in [5.41, 5.74) is 8.53. The molecule has 12 rings (SSSR count). The summed E-state index contributed by atoms with van der Waals surface area (Å²) in [6.07, 6.45) is 9.73. The van der Waals surface area contributed by atoms with Crippen molar-refractivity contribution in [1.82, 2.24) is 18.9 Å². The van der Waals surface area contributed by atoms with E-state index in [-0.39, 0.29) is 18.7 Å². The van der Waals surface area contributed by atoms with Crippen LogP contribution in [0.1, 0.15) is 35.1 Å². The van der Waals surface area contributed by atoms with Gasteiger partial charge in [0, 0.05) is 45.3 Å². The highest BCUT2D eigenvalue weighted by Crippen LogP contribution is 2.41. The van der Waals surface area contributed by atoms with Gasteiger partial charge in [-0.15, -0.1) is 0 Å². The van der Waals surface area contributed by atoms with Crippen molar-refractivity contribution in [2.75, 3.05) is 0 Å². The quantitative estimate of drug-likeness (QED) is 0.101. The molecular weight excluding hydrogens is 861 g/mol.